The highest BCUT2D eigenvalue weighted by Crippen LogP contribution is 2.28. The standard InChI is InChI=1S/C15H21N3O2/c1-12-15-6-3-7-16(15)8-9-17(12)11-13-4-2-5-14(10-13)18(19)20/h2,4-5,10,12,15H,3,6-9,11H2,1H3/t12-,15-/m1/s1. The molecular weight excluding hydrogens is 254 g/mol. The van der Waals surface area contributed by atoms with Crippen LogP contribution in [0, 0.1) is 10.1 Å². The van der Waals surface area contributed by atoms with Crippen LogP contribution in [0.3, 0.4) is 0 Å². The van der Waals surface area contributed by atoms with Crippen LogP contribution >= 0.6 is 0 Å². The molecule has 0 aromatic heterocycles. The molecule has 0 amide bonds. The van der Waals surface area contributed by atoms with Gasteiger partial charge in [-0.3, -0.25) is 19.9 Å². The van der Waals surface area contributed by atoms with E-state index in [-0.39, 0.29) is 10.6 Å². The van der Waals surface area contributed by atoms with Gasteiger partial charge in [0.25, 0.3) is 5.69 Å². The van der Waals surface area contributed by atoms with Gasteiger partial charge in [-0.15, -0.1) is 0 Å². The Labute approximate surface area is 119 Å². The minimum Gasteiger partial charge on any atom is -0.298 e. The van der Waals surface area contributed by atoms with Gasteiger partial charge in [-0.2, -0.15) is 0 Å². The normalized spacial score (nSPS) is 27.4. The fourth-order valence-corrected chi connectivity index (χ4v) is 3.61. The van der Waals surface area contributed by atoms with E-state index in [1.165, 1.54) is 19.4 Å². The Bertz CT molecular complexity index is 506. The topological polar surface area (TPSA) is 49.6 Å². The van der Waals surface area contributed by atoms with Crippen molar-refractivity contribution < 1.29 is 4.92 Å². The van der Waals surface area contributed by atoms with Gasteiger partial charge in [-0.05, 0) is 31.9 Å². The van der Waals surface area contributed by atoms with E-state index < -0.39 is 0 Å². The molecule has 0 aliphatic carbocycles. The Morgan fingerprint density at radius 3 is 3.00 bits per heavy atom. The van der Waals surface area contributed by atoms with E-state index >= 15 is 0 Å². The second kappa shape index (κ2) is 5.50. The number of nitro groups is 1. The minimum absolute atomic E-state index is 0.189. The number of nitrogens with zero attached hydrogens (tertiary/aromatic N) is 3. The molecule has 2 fully saturated rings. The van der Waals surface area contributed by atoms with Crippen molar-refractivity contribution in [1.29, 1.82) is 0 Å². The largest absolute Gasteiger partial charge is 0.298 e. The van der Waals surface area contributed by atoms with Crippen LogP contribution in [-0.4, -0.2) is 46.4 Å². The number of benzene rings is 1. The van der Waals surface area contributed by atoms with E-state index in [9.17, 15) is 10.1 Å². The van der Waals surface area contributed by atoms with Gasteiger partial charge in [0, 0.05) is 43.9 Å². The van der Waals surface area contributed by atoms with Gasteiger partial charge < -0.3 is 0 Å². The van der Waals surface area contributed by atoms with Crippen LogP contribution < -0.4 is 0 Å². The number of nitro benzene ring substituents is 1. The van der Waals surface area contributed by atoms with E-state index in [4.69, 9.17) is 0 Å². The number of rotatable bonds is 3. The molecular formula is C15H21N3O2. The van der Waals surface area contributed by atoms with E-state index in [0.717, 1.165) is 25.2 Å². The lowest BCUT2D eigenvalue weighted by molar-refractivity contribution is -0.384. The summed E-state index contributed by atoms with van der Waals surface area (Å²) in [5.41, 5.74) is 1.23. The van der Waals surface area contributed by atoms with Gasteiger partial charge in [-0.1, -0.05) is 12.1 Å². The first-order valence-corrected chi connectivity index (χ1v) is 7.36. The van der Waals surface area contributed by atoms with Gasteiger partial charge in [-0.25, -0.2) is 0 Å². The molecule has 1 aromatic rings. The molecule has 0 unspecified atom stereocenters. The lowest BCUT2D eigenvalue weighted by Gasteiger charge is -2.43. The third-order valence-corrected chi connectivity index (χ3v) is 4.73. The Kier molecular flexibility index (Phi) is 3.72. The van der Waals surface area contributed by atoms with Crippen molar-refractivity contribution in [1.82, 2.24) is 9.80 Å². The van der Waals surface area contributed by atoms with E-state index in [1.807, 2.05) is 6.07 Å². The molecule has 1 aromatic carbocycles. The molecule has 0 bridgehead atoms. The fraction of sp³-hybridized carbons (Fsp3) is 0.600. The number of hydrogen-bond acceptors (Lipinski definition) is 4. The zero-order valence-corrected chi connectivity index (χ0v) is 11.9. The van der Waals surface area contributed by atoms with Crippen LogP contribution in [0.25, 0.3) is 0 Å². The summed E-state index contributed by atoms with van der Waals surface area (Å²) < 4.78 is 0. The average Bonchev–Trinajstić information content (AvgIpc) is 2.91. The van der Waals surface area contributed by atoms with Crippen molar-refractivity contribution in [2.24, 2.45) is 0 Å². The minimum atomic E-state index is -0.318. The SMILES string of the molecule is C[C@@H]1[C@H]2CCCN2CCN1Cc1cccc([N+](=O)[O-])c1. The second-order valence-electron chi connectivity index (χ2n) is 5.88. The van der Waals surface area contributed by atoms with Crippen molar-refractivity contribution in [3.63, 3.8) is 0 Å². The molecule has 2 heterocycles. The first kappa shape index (κ1) is 13.5. The van der Waals surface area contributed by atoms with Gasteiger partial charge >= 0.3 is 0 Å². The summed E-state index contributed by atoms with van der Waals surface area (Å²) in [7, 11) is 0. The average molecular weight is 275 g/mol. The van der Waals surface area contributed by atoms with Crippen LogP contribution in [-0.2, 0) is 6.54 Å². The first-order valence-electron chi connectivity index (χ1n) is 7.36. The number of fused-ring (bicyclic) bond motifs is 1. The number of non-ortho nitro benzene ring substituents is 1. The van der Waals surface area contributed by atoms with Crippen molar-refractivity contribution in [2.75, 3.05) is 19.6 Å². The molecule has 2 aliphatic heterocycles. The summed E-state index contributed by atoms with van der Waals surface area (Å²) in [6.07, 6.45) is 2.59. The van der Waals surface area contributed by atoms with Crippen molar-refractivity contribution in [2.45, 2.75) is 38.4 Å². The quantitative estimate of drug-likeness (QED) is 0.627. The molecule has 0 radical (unpaired) electrons. The van der Waals surface area contributed by atoms with E-state index in [2.05, 4.69) is 16.7 Å². The molecule has 0 spiro atoms. The Morgan fingerprint density at radius 1 is 1.35 bits per heavy atom. The van der Waals surface area contributed by atoms with Crippen LogP contribution in [0.15, 0.2) is 24.3 Å². The Balaban J connectivity index is 1.71. The zero-order valence-electron chi connectivity index (χ0n) is 11.9. The molecule has 3 rings (SSSR count). The molecule has 0 saturated carbocycles. The predicted molar refractivity (Wildman–Crippen MR) is 77.6 cm³/mol. The summed E-state index contributed by atoms with van der Waals surface area (Å²) in [5, 5.41) is 10.8. The highest BCUT2D eigenvalue weighted by atomic mass is 16.6. The third kappa shape index (κ3) is 2.55. The maximum Gasteiger partial charge on any atom is 0.269 e. The molecule has 20 heavy (non-hydrogen) atoms. The molecule has 0 N–H and O–H groups in total. The highest BCUT2D eigenvalue weighted by molar-refractivity contribution is 5.34. The predicted octanol–water partition coefficient (Wildman–Crippen LogP) is 2.26. The summed E-state index contributed by atoms with van der Waals surface area (Å²) in [6.45, 7) is 6.52. The Hall–Kier alpha value is -1.46. The fourth-order valence-electron chi connectivity index (χ4n) is 3.61. The smallest absolute Gasteiger partial charge is 0.269 e. The van der Waals surface area contributed by atoms with Crippen molar-refractivity contribution >= 4 is 5.69 Å². The maximum absolute atomic E-state index is 10.8. The summed E-state index contributed by atoms with van der Waals surface area (Å²) in [5.74, 6) is 0. The Morgan fingerprint density at radius 2 is 2.20 bits per heavy atom. The van der Waals surface area contributed by atoms with Crippen molar-refractivity contribution in [3.05, 3.63) is 39.9 Å². The highest BCUT2D eigenvalue weighted by Gasteiger charge is 2.36. The first-order chi connectivity index (χ1) is 9.65. The summed E-state index contributed by atoms with van der Waals surface area (Å²) >= 11 is 0. The summed E-state index contributed by atoms with van der Waals surface area (Å²) in [6, 6.07) is 8.23. The van der Waals surface area contributed by atoms with Crippen LogP contribution in [0.5, 0.6) is 0 Å². The van der Waals surface area contributed by atoms with Gasteiger partial charge in [0.05, 0.1) is 4.92 Å². The zero-order chi connectivity index (χ0) is 14.1. The van der Waals surface area contributed by atoms with Gasteiger partial charge in [0.2, 0.25) is 0 Å². The van der Waals surface area contributed by atoms with Gasteiger partial charge in [0.1, 0.15) is 0 Å². The van der Waals surface area contributed by atoms with Crippen LogP contribution in [0.2, 0.25) is 0 Å². The molecule has 2 saturated heterocycles. The van der Waals surface area contributed by atoms with Gasteiger partial charge in [0.15, 0.2) is 0 Å². The van der Waals surface area contributed by atoms with E-state index in [1.54, 1.807) is 18.2 Å². The monoisotopic (exact) mass is 275 g/mol. The maximum atomic E-state index is 10.8. The summed E-state index contributed by atoms with van der Waals surface area (Å²) in [4.78, 5) is 15.6. The number of piperazine rings is 1. The lowest BCUT2D eigenvalue weighted by atomic mass is 10.0. The van der Waals surface area contributed by atoms with Crippen LogP contribution in [0.1, 0.15) is 25.3 Å². The molecule has 5 nitrogen and oxygen atoms in total. The van der Waals surface area contributed by atoms with E-state index in [0.29, 0.717) is 12.1 Å². The second-order valence-corrected chi connectivity index (χ2v) is 5.88. The lowest BCUT2D eigenvalue weighted by Crippen LogP contribution is -2.55. The van der Waals surface area contributed by atoms with Crippen LogP contribution in [0.4, 0.5) is 5.69 Å². The van der Waals surface area contributed by atoms with Crippen molar-refractivity contribution in [3.8, 4) is 0 Å². The molecule has 5 heteroatoms. The number of hydrogen-bond donors (Lipinski definition) is 0. The molecule has 2 atom stereocenters. The third-order valence-electron chi connectivity index (χ3n) is 4.73. The molecule has 2 aliphatic rings. The molecule has 108 valence electrons.